The minimum atomic E-state index is -0.141. The Morgan fingerprint density at radius 3 is 2.75 bits per heavy atom. The van der Waals surface area contributed by atoms with Gasteiger partial charge < -0.3 is 14.6 Å². The number of carbonyl (C=O) groups excluding carboxylic acids is 1. The summed E-state index contributed by atoms with van der Waals surface area (Å²) in [7, 11) is 1.60. The van der Waals surface area contributed by atoms with E-state index in [-0.39, 0.29) is 11.9 Å². The summed E-state index contributed by atoms with van der Waals surface area (Å²) in [6.45, 7) is 4.08. The number of hydrogen-bond acceptors (Lipinski definition) is 2. The van der Waals surface area contributed by atoms with Crippen molar-refractivity contribution >= 4 is 27.5 Å². The van der Waals surface area contributed by atoms with Crippen LogP contribution in [0, 0.1) is 0 Å². The van der Waals surface area contributed by atoms with Crippen LogP contribution in [0.1, 0.15) is 30.4 Å². The summed E-state index contributed by atoms with van der Waals surface area (Å²) in [5.41, 5.74) is 1.32. The van der Waals surface area contributed by atoms with E-state index in [0.29, 0.717) is 17.1 Å². The van der Waals surface area contributed by atoms with Gasteiger partial charge >= 0.3 is 0 Å². The molecule has 0 radical (unpaired) electrons. The molecule has 0 atom stereocenters. The molecule has 1 aromatic heterocycles. The van der Waals surface area contributed by atoms with E-state index in [0.717, 1.165) is 4.47 Å². The monoisotopic (exact) mass is 336 g/mol. The zero-order valence-electron chi connectivity index (χ0n) is 11.7. The fourth-order valence-electron chi connectivity index (χ4n) is 1.95. The van der Waals surface area contributed by atoms with Gasteiger partial charge in [0.25, 0.3) is 5.91 Å². The second-order valence-corrected chi connectivity index (χ2v) is 5.55. The Balaban J connectivity index is 2.25. The summed E-state index contributed by atoms with van der Waals surface area (Å²) in [5, 5.41) is 2.90. The number of amides is 1. The van der Waals surface area contributed by atoms with Crippen LogP contribution >= 0.6 is 15.9 Å². The number of nitrogens with zero attached hydrogens (tertiary/aromatic N) is 1. The minimum absolute atomic E-state index is 0.141. The molecule has 5 heteroatoms. The SMILES string of the molecule is COc1ccc(Br)c(NC(=O)c2cccn2C(C)C)c1. The molecule has 1 amide bonds. The van der Waals surface area contributed by atoms with Crippen LogP contribution in [-0.4, -0.2) is 17.6 Å². The molecule has 1 aromatic carbocycles. The molecule has 0 saturated carbocycles. The van der Waals surface area contributed by atoms with Crippen molar-refractivity contribution in [1.82, 2.24) is 4.57 Å². The van der Waals surface area contributed by atoms with E-state index in [9.17, 15) is 4.79 Å². The highest BCUT2D eigenvalue weighted by Gasteiger charge is 2.14. The lowest BCUT2D eigenvalue weighted by Gasteiger charge is -2.14. The van der Waals surface area contributed by atoms with Gasteiger partial charge in [-0.15, -0.1) is 0 Å². The van der Waals surface area contributed by atoms with Crippen molar-refractivity contribution in [3.63, 3.8) is 0 Å². The number of halogens is 1. The van der Waals surface area contributed by atoms with Crippen LogP contribution in [-0.2, 0) is 0 Å². The van der Waals surface area contributed by atoms with Crippen molar-refractivity contribution in [2.75, 3.05) is 12.4 Å². The number of nitrogens with one attached hydrogen (secondary N) is 1. The molecule has 2 rings (SSSR count). The molecule has 2 aromatic rings. The maximum absolute atomic E-state index is 12.4. The molecule has 20 heavy (non-hydrogen) atoms. The van der Waals surface area contributed by atoms with E-state index in [1.165, 1.54) is 0 Å². The Labute approximate surface area is 126 Å². The van der Waals surface area contributed by atoms with Gasteiger partial charge in [-0.1, -0.05) is 0 Å². The van der Waals surface area contributed by atoms with Gasteiger partial charge in [-0.05, 0) is 54.0 Å². The average molecular weight is 337 g/mol. The van der Waals surface area contributed by atoms with Crippen LogP contribution in [0.25, 0.3) is 0 Å². The van der Waals surface area contributed by atoms with Gasteiger partial charge in [0.2, 0.25) is 0 Å². The van der Waals surface area contributed by atoms with E-state index in [4.69, 9.17) is 4.74 Å². The fourth-order valence-corrected chi connectivity index (χ4v) is 2.30. The number of aromatic nitrogens is 1. The first-order valence-corrected chi connectivity index (χ1v) is 7.14. The molecule has 4 nitrogen and oxygen atoms in total. The number of anilines is 1. The molecular weight excluding hydrogens is 320 g/mol. The van der Waals surface area contributed by atoms with Gasteiger partial charge in [0.1, 0.15) is 11.4 Å². The lowest BCUT2D eigenvalue weighted by molar-refractivity contribution is 0.101. The molecule has 106 valence electrons. The van der Waals surface area contributed by atoms with Crippen molar-refractivity contribution in [1.29, 1.82) is 0 Å². The zero-order valence-corrected chi connectivity index (χ0v) is 13.3. The molecular formula is C15H17BrN2O2. The second kappa shape index (κ2) is 6.13. The third-order valence-corrected chi connectivity index (χ3v) is 3.68. The van der Waals surface area contributed by atoms with Gasteiger partial charge in [-0.3, -0.25) is 4.79 Å². The first-order valence-electron chi connectivity index (χ1n) is 6.34. The molecule has 0 aliphatic heterocycles. The molecule has 0 fully saturated rings. The van der Waals surface area contributed by atoms with Crippen molar-refractivity contribution < 1.29 is 9.53 Å². The van der Waals surface area contributed by atoms with Crippen LogP contribution in [0.15, 0.2) is 41.0 Å². The predicted octanol–water partition coefficient (Wildman–Crippen LogP) is 4.09. The number of ether oxygens (including phenoxy) is 1. The Morgan fingerprint density at radius 1 is 1.35 bits per heavy atom. The Kier molecular flexibility index (Phi) is 4.49. The van der Waals surface area contributed by atoms with Crippen LogP contribution in [0.2, 0.25) is 0 Å². The normalized spacial score (nSPS) is 10.7. The Bertz CT molecular complexity index is 620. The maximum Gasteiger partial charge on any atom is 0.272 e. The maximum atomic E-state index is 12.4. The van der Waals surface area contributed by atoms with E-state index in [1.54, 1.807) is 13.2 Å². The summed E-state index contributed by atoms with van der Waals surface area (Å²) < 4.78 is 7.91. The van der Waals surface area contributed by atoms with E-state index < -0.39 is 0 Å². The van der Waals surface area contributed by atoms with Crippen LogP contribution in [0.5, 0.6) is 5.75 Å². The zero-order chi connectivity index (χ0) is 14.7. The smallest absolute Gasteiger partial charge is 0.272 e. The van der Waals surface area contributed by atoms with Crippen LogP contribution < -0.4 is 10.1 Å². The Morgan fingerprint density at radius 2 is 2.10 bits per heavy atom. The van der Waals surface area contributed by atoms with Crippen LogP contribution in [0.4, 0.5) is 5.69 Å². The van der Waals surface area contributed by atoms with E-state index in [1.807, 2.05) is 48.9 Å². The first-order chi connectivity index (χ1) is 9.52. The molecule has 0 aliphatic rings. The number of methoxy groups -OCH3 is 1. The fraction of sp³-hybridized carbons (Fsp3) is 0.267. The van der Waals surface area contributed by atoms with E-state index >= 15 is 0 Å². The quantitative estimate of drug-likeness (QED) is 0.913. The summed E-state index contributed by atoms with van der Waals surface area (Å²) in [4.78, 5) is 12.4. The topological polar surface area (TPSA) is 43.3 Å². The van der Waals surface area contributed by atoms with E-state index in [2.05, 4.69) is 21.2 Å². The number of rotatable bonds is 4. The summed E-state index contributed by atoms with van der Waals surface area (Å²) in [5.74, 6) is 0.556. The number of hydrogen-bond donors (Lipinski definition) is 1. The van der Waals surface area contributed by atoms with Gasteiger partial charge in [0, 0.05) is 22.8 Å². The minimum Gasteiger partial charge on any atom is -0.497 e. The number of carbonyl (C=O) groups is 1. The lowest BCUT2D eigenvalue weighted by atomic mass is 10.2. The van der Waals surface area contributed by atoms with Crippen molar-refractivity contribution in [3.05, 3.63) is 46.7 Å². The van der Waals surface area contributed by atoms with Gasteiger partial charge in [0.15, 0.2) is 0 Å². The molecule has 1 N–H and O–H groups in total. The highest BCUT2D eigenvalue weighted by Crippen LogP contribution is 2.27. The number of benzene rings is 1. The molecule has 0 spiro atoms. The highest BCUT2D eigenvalue weighted by molar-refractivity contribution is 9.10. The molecule has 0 saturated heterocycles. The third kappa shape index (κ3) is 3.04. The van der Waals surface area contributed by atoms with Crippen molar-refractivity contribution in [3.8, 4) is 5.75 Å². The molecule has 0 aliphatic carbocycles. The largest absolute Gasteiger partial charge is 0.497 e. The van der Waals surface area contributed by atoms with Crippen molar-refractivity contribution in [2.45, 2.75) is 19.9 Å². The molecule has 0 bridgehead atoms. The lowest BCUT2D eigenvalue weighted by Crippen LogP contribution is -2.18. The average Bonchev–Trinajstić information content (AvgIpc) is 2.90. The standard InChI is InChI=1S/C15H17BrN2O2/c1-10(2)18-8-4-5-14(18)15(19)17-13-9-11(20-3)6-7-12(13)16/h4-10H,1-3H3,(H,17,19). The van der Waals surface area contributed by atoms with Crippen LogP contribution in [0.3, 0.4) is 0 Å². The molecule has 1 heterocycles. The summed E-state index contributed by atoms with van der Waals surface area (Å²) in [6, 6.07) is 9.37. The third-order valence-electron chi connectivity index (χ3n) is 2.99. The van der Waals surface area contributed by atoms with Gasteiger partial charge in [0.05, 0.1) is 12.8 Å². The van der Waals surface area contributed by atoms with Gasteiger partial charge in [-0.2, -0.15) is 0 Å². The highest BCUT2D eigenvalue weighted by atomic mass is 79.9. The predicted molar refractivity (Wildman–Crippen MR) is 83.5 cm³/mol. The summed E-state index contributed by atoms with van der Waals surface area (Å²) in [6.07, 6.45) is 1.90. The summed E-state index contributed by atoms with van der Waals surface area (Å²) >= 11 is 3.42. The first kappa shape index (κ1) is 14.7. The van der Waals surface area contributed by atoms with Crippen molar-refractivity contribution in [2.24, 2.45) is 0 Å². The Hall–Kier alpha value is -1.75. The molecule has 0 unspecified atom stereocenters. The second-order valence-electron chi connectivity index (χ2n) is 4.69. The van der Waals surface area contributed by atoms with Gasteiger partial charge in [-0.25, -0.2) is 0 Å².